The lowest BCUT2D eigenvalue weighted by Crippen LogP contribution is -2.43. The quantitative estimate of drug-likeness (QED) is 0.762. The van der Waals surface area contributed by atoms with Gasteiger partial charge in [0.2, 0.25) is 5.82 Å². The monoisotopic (exact) mass is 359 g/mol. The first-order valence-electron chi connectivity index (χ1n) is 8.96. The summed E-state index contributed by atoms with van der Waals surface area (Å²) in [5, 5.41) is 4.16. The Bertz CT molecular complexity index is 786. The van der Waals surface area contributed by atoms with Gasteiger partial charge in [-0.1, -0.05) is 0 Å². The van der Waals surface area contributed by atoms with Crippen LogP contribution < -0.4 is 0 Å². The number of imidazole rings is 1. The van der Waals surface area contributed by atoms with Crippen LogP contribution >= 0.6 is 0 Å². The Labute approximate surface area is 152 Å². The summed E-state index contributed by atoms with van der Waals surface area (Å²) in [5.41, 5.74) is -0.0356. The van der Waals surface area contributed by atoms with E-state index < -0.39 is 0 Å². The van der Waals surface area contributed by atoms with Crippen LogP contribution in [0.15, 0.2) is 18.7 Å². The molecule has 1 atom stereocenters. The number of amides is 1. The van der Waals surface area contributed by atoms with E-state index in [0.29, 0.717) is 26.3 Å². The van der Waals surface area contributed by atoms with Gasteiger partial charge in [0.1, 0.15) is 12.2 Å². The van der Waals surface area contributed by atoms with Crippen LogP contribution in [0, 0.1) is 5.41 Å². The lowest BCUT2D eigenvalue weighted by Gasteiger charge is -2.31. The Balaban J connectivity index is 1.45. The summed E-state index contributed by atoms with van der Waals surface area (Å²) in [6, 6.07) is 0. The number of likely N-dealkylation sites (tertiary alicyclic amines) is 1. The van der Waals surface area contributed by atoms with Crippen molar-refractivity contribution in [2.24, 2.45) is 19.5 Å². The Kier molecular flexibility index (Phi) is 4.49. The lowest BCUT2D eigenvalue weighted by molar-refractivity contribution is 0.0635. The fraction of sp³-hybridized carbons (Fsp3) is 0.647. The highest BCUT2D eigenvalue weighted by Gasteiger charge is 2.42. The minimum atomic E-state index is -0.113. The summed E-state index contributed by atoms with van der Waals surface area (Å²) in [6.07, 6.45) is 6.37. The Morgan fingerprint density at radius 3 is 2.88 bits per heavy atom. The predicted molar refractivity (Wildman–Crippen MR) is 93.3 cm³/mol. The molecule has 0 aromatic carbocycles. The van der Waals surface area contributed by atoms with E-state index in [1.54, 1.807) is 18.1 Å². The van der Waals surface area contributed by atoms with E-state index >= 15 is 0 Å². The van der Waals surface area contributed by atoms with E-state index in [4.69, 9.17) is 4.74 Å². The summed E-state index contributed by atoms with van der Waals surface area (Å²) < 4.78 is 9.48. The van der Waals surface area contributed by atoms with Gasteiger partial charge in [-0.05, 0) is 13.0 Å². The first-order valence-corrected chi connectivity index (χ1v) is 8.96. The van der Waals surface area contributed by atoms with Gasteiger partial charge < -0.3 is 14.2 Å². The third kappa shape index (κ3) is 3.36. The zero-order valence-electron chi connectivity index (χ0n) is 15.3. The van der Waals surface area contributed by atoms with E-state index in [1.165, 1.54) is 0 Å². The molecule has 9 nitrogen and oxygen atoms in total. The van der Waals surface area contributed by atoms with Crippen molar-refractivity contribution in [3.8, 4) is 0 Å². The van der Waals surface area contributed by atoms with Crippen molar-refractivity contribution in [2.75, 3.05) is 39.4 Å². The summed E-state index contributed by atoms with van der Waals surface area (Å²) in [6.45, 7) is 5.21. The number of carbonyl (C=O) groups is 1. The molecule has 2 saturated heterocycles. The van der Waals surface area contributed by atoms with Gasteiger partial charge in [0.15, 0.2) is 0 Å². The third-order valence-corrected chi connectivity index (χ3v) is 5.32. The van der Waals surface area contributed by atoms with E-state index in [9.17, 15) is 4.79 Å². The standard InChI is InChI=1S/C17H25N7O2/c1-21-6-4-18-14(21)9-23-5-3-17(10-23)11-24(7-8-26-12-17)16(25)15-19-13-22(2)20-15/h4,6,13H,3,5,7-12H2,1-2H3/t17-/m1/s1. The highest BCUT2D eigenvalue weighted by molar-refractivity contribution is 5.90. The number of hydrogen-bond donors (Lipinski definition) is 0. The first kappa shape index (κ1) is 17.2. The molecule has 140 valence electrons. The van der Waals surface area contributed by atoms with E-state index in [-0.39, 0.29) is 17.1 Å². The molecule has 1 spiro atoms. The van der Waals surface area contributed by atoms with Gasteiger partial charge >= 0.3 is 0 Å². The second-order valence-electron chi connectivity index (χ2n) is 7.44. The van der Waals surface area contributed by atoms with Crippen LogP contribution in [0.2, 0.25) is 0 Å². The second-order valence-corrected chi connectivity index (χ2v) is 7.44. The van der Waals surface area contributed by atoms with Crippen LogP contribution in [0.3, 0.4) is 0 Å². The lowest BCUT2D eigenvalue weighted by atomic mass is 9.87. The number of rotatable bonds is 3. The molecule has 26 heavy (non-hydrogen) atoms. The van der Waals surface area contributed by atoms with Crippen LogP contribution in [0.4, 0.5) is 0 Å². The Morgan fingerprint density at radius 2 is 2.15 bits per heavy atom. The molecule has 0 unspecified atom stereocenters. The topological polar surface area (TPSA) is 81.3 Å². The highest BCUT2D eigenvalue weighted by atomic mass is 16.5. The van der Waals surface area contributed by atoms with Gasteiger partial charge in [-0.3, -0.25) is 14.4 Å². The molecule has 1 amide bonds. The highest BCUT2D eigenvalue weighted by Crippen LogP contribution is 2.34. The van der Waals surface area contributed by atoms with E-state index in [1.807, 2.05) is 24.3 Å². The summed E-state index contributed by atoms with van der Waals surface area (Å²) in [4.78, 5) is 25.6. The fourth-order valence-corrected chi connectivity index (χ4v) is 3.90. The average molecular weight is 359 g/mol. The molecule has 2 aromatic heterocycles. The van der Waals surface area contributed by atoms with Crippen LogP contribution in [0.5, 0.6) is 0 Å². The summed E-state index contributed by atoms with van der Waals surface area (Å²) >= 11 is 0. The molecule has 4 heterocycles. The average Bonchev–Trinajstić information content (AvgIpc) is 3.28. The number of hydrogen-bond acceptors (Lipinski definition) is 6. The fourth-order valence-electron chi connectivity index (χ4n) is 3.90. The third-order valence-electron chi connectivity index (χ3n) is 5.32. The zero-order chi connectivity index (χ0) is 18.1. The molecule has 0 bridgehead atoms. The molecule has 2 fully saturated rings. The molecule has 2 aliphatic rings. The number of nitrogens with zero attached hydrogens (tertiary/aromatic N) is 7. The van der Waals surface area contributed by atoms with Crippen LogP contribution in [-0.2, 0) is 25.4 Å². The van der Waals surface area contributed by atoms with E-state index in [0.717, 1.165) is 31.9 Å². The van der Waals surface area contributed by atoms with Gasteiger partial charge in [-0.25, -0.2) is 9.97 Å². The normalized spacial score (nSPS) is 24.3. The largest absolute Gasteiger partial charge is 0.379 e. The van der Waals surface area contributed by atoms with Crippen molar-refractivity contribution in [1.29, 1.82) is 0 Å². The SMILES string of the molecule is Cn1cnc(C(=O)N2CCOC[C@@]3(CCN(Cc4nccn4C)C3)C2)n1. The first-order chi connectivity index (χ1) is 12.5. The molecular formula is C17H25N7O2. The maximum absolute atomic E-state index is 12.8. The molecule has 0 saturated carbocycles. The molecule has 0 N–H and O–H groups in total. The minimum Gasteiger partial charge on any atom is -0.379 e. The predicted octanol–water partition coefficient (Wildman–Crippen LogP) is -0.0867. The van der Waals surface area contributed by atoms with Crippen molar-refractivity contribution in [1.82, 2.24) is 34.1 Å². The number of carbonyl (C=O) groups excluding carboxylic acids is 1. The number of ether oxygens (including phenoxy) is 1. The molecule has 0 radical (unpaired) electrons. The van der Waals surface area contributed by atoms with Crippen molar-refractivity contribution in [3.05, 3.63) is 30.4 Å². The molecular weight excluding hydrogens is 334 g/mol. The molecule has 9 heteroatoms. The van der Waals surface area contributed by atoms with Gasteiger partial charge in [-0.2, -0.15) is 0 Å². The maximum Gasteiger partial charge on any atom is 0.293 e. The smallest absolute Gasteiger partial charge is 0.293 e. The second kappa shape index (κ2) is 6.81. The van der Waals surface area contributed by atoms with Gasteiger partial charge in [-0.15, -0.1) is 5.10 Å². The minimum absolute atomic E-state index is 0.0356. The summed E-state index contributed by atoms with van der Waals surface area (Å²) in [5.74, 6) is 1.20. The van der Waals surface area contributed by atoms with Gasteiger partial charge in [0, 0.05) is 51.5 Å². The molecule has 0 aliphatic carbocycles. The van der Waals surface area contributed by atoms with Crippen molar-refractivity contribution in [2.45, 2.75) is 13.0 Å². The van der Waals surface area contributed by atoms with Crippen LogP contribution in [-0.4, -0.2) is 79.4 Å². The van der Waals surface area contributed by atoms with Gasteiger partial charge in [0.05, 0.1) is 19.8 Å². The maximum atomic E-state index is 12.8. The van der Waals surface area contributed by atoms with Crippen LogP contribution in [0.25, 0.3) is 0 Å². The zero-order valence-corrected chi connectivity index (χ0v) is 15.3. The Morgan fingerprint density at radius 1 is 1.27 bits per heavy atom. The van der Waals surface area contributed by atoms with Crippen LogP contribution in [0.1, 0.15) is 22.9 Å². The van der Waals surface area contributed by atoms with Gasteiger partial charge in [0.25, 0.3) is 5.91 Å². The Hall–Kier alpha value is -2.26. The number of aryl methyl sites for hydroxylation is 2. The van der Waals surface area contributed by atoms with Crippen molar-refractivity contribution >= 4 is 5.91 Å². The number of aromatic nitrogens is 5. The van der Waals surface area contributed by atoms with Crippen molar-refractivity contribution in [3.63, 3.8) is 0 Å². The summed E-state index contributed by atoms with van der Waals surface area (Å²) in [7, 11) is 3.78. The van der Waals surface area contributed by atoms with E-state index in [2.05, 4.69) is 24.5 Å². The molecule has 2 aromatic rings. The molecule has 4 rings (SSSR count). The van der Waals surface area contributed by atoms with Crippen molar-refractivity contribution < 1.29 is 9.53 Å². The molecule has 2 aliphatic heterocycles.